The van der Waals surface area contributed by atoms with Crippen LogP contribution < -0.4 is 5.32 Å². The van der Waals surface area contributed by atoms with Gasteiger partial charge in [0.05, 0.1) is 23.7 Å². The average molecular weight is 290 g/mol. The second kappa shape index (κ2) is 6.08. The summed E-state index contributed by atoms with van der Waals surface area (Å²) in [6.07, 6.45) is 1.57. The lowest BCUT2D eigenvalue weighted by Gasteiger charge is -2.37. The third-order valence-electron chi connectivity index (χ3n) is 4.13. The predicted octanol–water partition coefficient (Wildman–Crippen LogP) is -0.146. The summed E-state index contributed by atoms with van der Waals surface area (Å²) in [4.78, 5) is 2.19. The lowest BCUT2D eigenvalue weighted by Crippen LogP contribution is -2.49. The zero-order chi connectivity index (χ0) is 14.0. The van der Waals surface area contributed by atoms with Gasteiger partial charge in [-0.25, -0.2) is 8.42 Å². The molecule has 112 valence electrons. The maximum absolute atomic E-state index is 11.6. The molecule has 2 aliphatic rings. The second-order valence-electron chi connectivity index (χ2n) is 6.28. The molecule has 2 fully saturated rings. The second-order valence-corrected chi connectivity index (χ2v) is 8.43. The van der Waals surface area contributed by atoms with Crippen LogP contribution in [0.2, 0.25) is 0 Å². The molecule has 6 heteroatoms. The Morgan fingerprint density at radius 3 is 2.68 bits per heavy atom. The maximum atomic E-state index is 11.6. The predicted molar refractivity (Wildman–Crippen MR) is 75.9 cm³/mol. The molecule has 0 aromatic heterocycles. The molecule has 0 saturated carbocycles. The number of nitrogens with zero attached hydrogens (tertiary/aromatic N) is 1. The van der Waals surface area contributed by atoms with E-state index in [1.807, 2.05) is 0 Å². The van der Waals surface area contributed by atoms with Crippen molar-refractivity contribution < 1.29 is 13.5 Å². The number of sulfone groups is 1. The molecule has 19 heavy (non-hydrogen) atoms. The first-order valence-corrected chi connectivity index (χ1v) is 9.05. The van der Waals surface area contributed by atoms with Gasteiger partial charge in [-0.1, -0.05) is 13.8 Å². The summed E-state index contributed by atoms with van der Waals surface area (Å²) in [6, 6.07) is 0.291. The van der Waals surface area contributed by atoms with Gasteiger partial charge in [-0.15, -0.1) is 0 Å². The molecule has 0 aliphatic carbocycles. The Balaban J connectivity index is 1.90. The Bertz CT molecular complexity index is 397. The van der Waals surface area contributed by atoms with Gasteiger partial charge in [0.1, 0.15) is 0 Å². The molecule has 3 unspecified atom stereocenters. The highest BCUT2D eigenvalue weighted by Crippen LogP contribution is 2.24. The van der Waals surface area contributed by atoms with Crippen molar-refractivity contribution in [3.05, 3.63) is 0 Å². The van der Waals surface area contributed by atoms with Crippen LogP contribution in [-0.4, -0.2) is 67.8 Å². The number of nitrogens with one attached hydrogen (secondary N) is 1. The van der Waals surface area contributed by atoms with Crippen molar-refractivity contribution in [2.45, 2.75) is 44.9 Å². The lowest BCUT2D eigenvalue weighted by atomic mass is 9.96. The number of aliphatic hydroxyl groups is 1. The fraction of sp³-hybridized carbons (Fsp3) is 1.00. The normalized spacial score (nSPS) is 35.9. The van der Waals surface area contributed by atoms with Crippen molar-refractivity contribution in [3.63, 3.8) is 0 Å². The maximum Gasteiger partial charge on any atom is 0.154 e. The summed E-state index contributed by atoms with van der Waals surface area (Å²) in [7, 11) is -3.04. The third kappa shape index (κ3) is 4.15. The fourth-order valence-corrected chi connectivity index (χ4v) is 4.96. The smallest absolute Gasteiger partial charge is 0.154 e. The molecular formula is C13H26N2O3S. The summed E-state index contributed by atoms with van der Waals surface area (Å²) in [5.74, 6) is 0.619. The Hall–Kier alpha value is -0.170. The SMILES string of the molecule is CC(C)NCC1CCCN(C2CS(=O)(=O)CC2O)C1. The molecule has 2 N–H and O–H groups in total. The first kappa shape index (κ1) is 15.2. The van der Waals surface area contributed by atoms with E-state index in [4.69, 9.17) is 0 Å². The van der Waals surface area contributed by atoms with Gasteiger partial charge in [0.2, 0.25) is 0 Å². The van der Waals surface area contributed by atoms with Crippen LogP contribution in [0, 0.1) is 5.92 Å². The largest absolute Gasteiger partial charge is 0.390 e. The van der Waals surface area contributed by atoms with Gasteiger partial charge in [0, 0.05) is 12.6 Å². The van der Waals surface area contributed by atoms with E-state index in [1.54, 1.807) is 0 Å². The number of likely N-dealkylation sites (tertiary alicyclic amines) is 1. The molecule has 0 bridgehead atoms. The van der Waals surface area contributed by atoms with Crippen LogP contribution in [0.5, 0.6) is 0 Å². The Kier molecular flexibility index (Phi) is 4.87. The quantitative estimate of drug-likeness (QED) is 0.754. The number of hydrogen-bond acceptors (Lipinski definition) is 5. The average Bonchev–Trinajstić information content (AvgIpc) is 2.61. The van der Waals surface area contributed by atoms with Crippen LogP contribution >= 0.6 is 0 Å². The van der Waals surface area contributed by atoms with E-state index >= 15 is 0 Å². The molecule has 2 aliphatic heterocycles. The van der Waals surface area contributed by atoms with Gasteiger partial charge < -0.3 is 10.4 Å². The molecule has 5 nitrogen and oxygen atoms in total. The van der Waals surface area contributed by atoms with E-state index in [2.05, 4.69) is 24.1 Å². The van der Waals surface area contributed by atoms with Crippen molar-refractivity contribution in [2.75, 3.05) is 31.1 Å². The molecule has 0 spiro atoms. The summed E-state index contributed by atoms with van der Waals surface area (Å²) in [6.45, 7) is 7.05. The number of rotatable bonds is 4. The fourth-order valence-electron chi connectivity index (χ4n) is 3.13. The van der Waals surface area contributed by atoms with Crippen LogP contribution in [-0.2, 0) is 9.84 Å². The van der Waals surface area contributed by atoms with Crippen LogP contribution in [0.25, 0.3) is 0 Å². The van der Waals surface area contributed by atoms with Gasteiger partial charge in [-0.2, -0.15) is 0 Å². The minimum absolute atomic E-state index is 0.0664. The number of piperidine rings is 1. The van der Waals surface area contributed by atoms with E-state index in [0.717, 1.165) is 26.1 Å². The molecule has 2 rings (SSSR count). The number of aliphatic hydroxyl groups excluding tert-OH is 1. The van der Waals surface area contributed by atoms with Crippen LogP contribution in [0.4, 0.5) is 0 Å². The molecular weight excluding hydrogens is 264 g/mol. The van der Waals surface area contributed by atoms with Gasteiger partial charge in [0.15, 0.2) is 9.84 Å². The van der Waals surface area contributed by atoms with Crippen LogP contribution in [0.1, 0.15) is 26.7 Å². The minimum Gasteiger partial charge on any atom is -0.390 e. The Labute approximate surface area is 116 Å². The third-order valence-corrected chi connectivity index (χ3v) is 5.83. The molecule has 3 atom stereocenters. The first-order chi connectivity index (χ1) is 8.87. The van der Waals surface area contributed by atoms with Crippen molar-refractivity contribution in [3.8, 4) is 0 Å². The van der Waals surface area contributed by atoms with E-state index in [9.17, 15) is 13.5 Å². The molecule has 0 radical (unpaired) electrons. The zero-order valence-corrected chi connectivity index (χ0v) is 12.7. The van der Waals surface area contributed by atoms with Gasteiger partial charge >= 0.3 is 0 Å². The van der Waals surface area contributed by atoms with Gasteiger partial charge in [-0.3, -0.25) is 4.90 Å². The van der Waals surface area contributed by atoms with Crippen LogP contribution in [0.3, 0.4) is 0 Å². The van der Waals surface area contributed by atoms with E-state index < -0.39 is 15.9 Å². The molecule has 2 heterocycles. The van der Waals surface area contributed by atoms with Gasteiger partial charge in [0.25, 0.3) is 0 Å². The molecule has 0 amide bonds. The van der Waals surface area contributed by atoms with Crippen molar-refractivity contribution in [1.29, 1.82) is 0 Å². The van der Waals surface area contributed by atoms with Crippen LogP contribution in [0.15, 0.2) is 0 Å². The highest BCUT2D eigenvalue weighted by atomic mass is 32.2. The van der Waals surface area contributed by atoms with E-state index in [-0.39, 0.29) is 17.5 Å². The molecule has 0 aromatic rings. The van der Waals surface area contributed by atoms with E-state index in [1.165, 1.54) is 6.42 Å². The van der Waals surface area contributed by atoms with E-state index in [0.29, 0.717) is 12.0 Å². The Morgan fingerprint density at radius 2 is 2.11 bits per heavy atom. The molecule has 2 saturated heterocycles. The monoisotopic (exact) mass is 290 g/mol. The lowest BCUT2D eigenvalue weighted by molar-refractivity contribution is 0.0531. The topological polar surface area (TPSA) is 69.6 Å². The Morgan fingerprint density at radius 1 is 1.37 bits per heavy atom. The highest BCUT2D eigenvalue weighted by molar-refractivity contribution is 7.91. The molecule has 0 aromatic carbocycles. The van der Waals surface area contributed by atoms with Crippen molar-refractivity contribution in [1.82, 2.24) is 10.2 Å². The minimum atomic E-state index is -3.04. The van der Waals surface area contributed by atoms with Crippen molar-refractivity contribution in [2.24, 2.45) is 5.92 Å². The van der Waals surface area contributed by atoms with Crippen molar-refractivity contribution >= 4 is 9.84 Å². The zero-order valence-electron chi connectivity index (χ0n) is 11.9. The first-order valence-electron chi connectivity index (χ1n) is 7.23. The standard InChI is InChI=1S/C13H26N2O3S/c1-10(2)14-6-11-4-3-5-15(7-11)12-8-19(17,18)9-13(12)16/h10-14,16H,3-9H2,1-2H3. The summed E-state index contributed by atoms with van der Waals surface area (Å²) >= 11 is 0. The van der Waals surface area contributed by atoms with Gasteiger partial charge in [-0.05, 0) is 31.8 Å². The highest BCUT2D eigenvalue weighted by Gasteiger charge is 2.41. The summed E-state index contributed by atoms with van der Waals surface area (Å²) in [5, 5.41) is 13.4. The summed E-state index contributed by atoms with van der Waals surface area (Å²) < 4.78 is 23.2. The number of hydrogen-bond donors (Lipinski definition) is 2. The summed E-state index contributed by atoms with van der Waals surface area (Å²) in [5.41, 5.74) is 0.